The van der Waals surface area contributed by atoms with Crippen LogP contribution in [0.15, 0.2) is 0 Å². The maximum absolute atomic E-state index is 8.99. The van der Waals surface area contributed by atoms with Gasteiger partial charge in [-0.05, 0) is 18.8 Å². The summed E-state index contributed by atoms with van der Waals surface area (Å²) in [5.74, 6) is 0.281. The van der Waals surface area contributed by atoms with Crippen molar-refractivity contribution in [2.24, 2.45) is 5.92 Å². The molecule has 14 heavy (non-hydrogen) atoms. The van der Waals surface area contributed by atoms with E-state index in [1.807, 2.05) is 6.92 Å². The summed E-state index contributed by atoms with van der Waals surface area (Å²) in [6, 6.07) is 2.81. The van der Waals surface area contributed by atoms with Gasteiger partial charge in [0.2, 0.25) is 0 Å². The Kier molecular flexibility index (Phi) is 4.92. The van der Waals surface area contributed by atoms with Crippen molar-refractivity contribution in [1.29, 1.82) is 5.26 Å². The molecule has 1 rings (SSSR count). The number of hydrogen-bond donors (Lipinski definition) is 1. The van der Waals surface area contributed by atoms with Gasteiger partial charge in [-0.1, -0.05) is 19.8 Å². The third kappa shape index (κ3) is 3.28. The molecule has 0 aromatic heterocycles. The standard InChI is InChI=1S/C11H20N2O/c1-10(9-14)8-13(7-6-12)11-4-2-3-5-11/h10-11,14H,2-5,7-9H2,1H3. The van der Waals surface area contributed by atoms with Crippen molar-refractivity contribution >= 4 is 0 Å². The molecule has 0 heterocycles. The summed E-state index contributed by atoms with van der Waals surface area (Å²) in [5, 5.41) is 17.7. The highest BCUT2D eigenvalue weighted by Gasteiger charge is 2.23. The first-order valence-electron chi connectivity index (χ1n) is 5.49. The van der Waals surface area contributed by atoms with Gasteiger partial charge in [-0.25, -0.2) is 0 Å². The lowest BCUT2D eigenvalue weighted by molar-refractivity contribution is 0.150. The Labute approximate surface area is 86.3 Å². The second-order valence-electron chi connectivity index (χ2n) is 4.31. The lowest BCUT2D eigenvalue weighted by atomic mass is 10.1. The molecule has 1 fully saturated rings. The SMILES string of the molecule is CC(CO)CN(CC#N)C1CCCC1. The van der Waals surface area contributed by atoms with E-state index < -0.39 is 0 Å². The largest absolute Gasteiger partial charge is 0.396 e. The molecular weight excluding hydrogens is 176 g/mol. The number of hydrogen-bond acceptors (Lipinski definition) is 3. The van der Waals surface area contributed by atoms with Crippen molar-refractivity contribution in [3.63, 3.8) is 0 Å². The molecule has 0 spiro atoms. The molecule has 0 aliphatic heterocycles. The van der Waals surface area contributed by atoms with Gasteiger partial charge in [0.15, 0.2) is 0 Å². The molecule has 1 unspecified atom stereocenters. The van der Waals surface area contributed by atoms with Crippen molar-refractivity contribution in [3.8, 4) is 6.07 Å². The first kappa shape index (κ1) is 11.5. The van der Waals surface area contributed by atoms with Gasteiger partial charge in [0.25, 0.3) is 0 Å². The molecule has 0 radical (unpaired) electrons. The Morgan fingerprint density at radius 1 is 1.50 bits per heavy atom. The number of nitrogens with zero attached hydrogens (tertiary/aromatic N) is 2. The Hall–Kier alpha value is -0.590. The van der Waals surface area contributed by atoms with E-state index in [-0.39, 0.29) is 12.5 Å². The van der Waals surface area contributed by atoms with Crippen LogP contribution in [0.2, 0.25) is 0 Å². The minimum absolute atomic E-state index is 0.217. The first-order chi connectivity index (χ1) is 6.77. The van der Waals surface area contributed by atoms with Gasteiger partial charge in [-0.2, -0.15) is 5.26 Å². The van der Waals surface area contributed by atoms with Crippen LogP contribution in [0.1, 0.15) is 32.6 Å². The average Bonchev–Trinajstić information content (AvgIpc) is 2.69. The molecule has 1 atom stereocenters. The summed E-state index contributed by atoms with van der Waals surface area (Å²) in [5.41, 5.74) is 0. The molecule has 1 aliphatic rings. The first-order valence-corrected chi connectivity index (χ1v) is 5.49. The zero-order valence-corrected chi connectivity index (χ0v) is 8.95. The highest BCUT2D eigenvalue weighted by atomic mass is 16.3. The highest BCUT2D eigenvalue weighted by molar-refractivity contribution is 4.85. The van der Waals surface area contributed by atoms with Crippen molar-refractivity contribution in [3.05, 3.63) is 0 Å². The fraction of sp³-hybridized carbons (Fsp3) is 0.909. The van der Waals surface area contributed by atoms with Crippen LogP contribution in [-0.2, 0) is 0 Å². The molecule has 1 aliphatic carbocycles. The zero-order valence-electron chi connectivity index (χ0n) is 8.95. The third-order valence-electron chi connectivity index (χ3n) is 2.97. The van der Waals surface area contributed by atoms with Crippen LogP contribution in [0, 0.1) is 17.2 Å². The number of rotatable bonds is 5. The van der Waals surface area contributed by atoms with Crippen molar-refractivity contribution in [2.75, 3.05) is 19.7 Å². The molecule has 0 aromatic carbocycles. The van der Waals surface area contributed by atoms with E-state index in [0.29, 0.717) is 12.6 Å². The van der Waals surface area contributed by atoms with Gasteiger partial charge in [0.05, 0.1) is 12.6 Å². The smallest absolute Gasteiger partial charge is 0.0868 e. The minimum atomic E-state index is 0.217. The Morgan fingerprint density at radius 3 is 2.64 bits per heavy atom. The quantitative estimate of drug-likeness (QED) is 0.676. The summed E-state index contributed by atoms with van der Waals surface area (Å²) in [7, 11) is 0. The zero-order chi connectivity index (χ0) is 10.4. The van der Waals surface area contributed by atoms with Crippen molar-refractivity contribution in [1.82, 2.24) is 4.90 Å². The summed E-state index contributed by atoms with van der Waals surface area (Å²) in [6.07, 6.45) is 5.03. The maximum atomic E-state index is 8.99. The summed E-state index contributed by atoms with van der Waals surface area (Å²) in [4.78, 5) is 2.23. The fourth-order valence-electron chi connectivity index (χ4n) is 2.16. The van der Waals surface area contributed by atoms with E-state index in [1.54, 1.807) is 0 Å². The molecule has 0 aromatic rings. The summed E-state index contributed by atoms with van der Waals surface area (Å²) < 4.78 is 0. The van der Waals surface area contributed by atoms with Crippen LogP contribution >= 0.6 is 0 Å². The van der Waals surface area contributed by atoms with Crippen LogP contribution < -0.4 is 0 Å². The van der Waals surface area contributed by atoms with Crippen molar-refractivity contribution < 1.29 is 5.11 Å². The van der Waals surface area contributed by atoms with Gasteiger partial charge < -0.3 is 5.11 Å². The van der Waals surface area contributed by atoms with Crippen LogP contribution in [-0.4, -0.2) is 35.7 Å². The van der Waals surface area contributed by atoms with E-state index >= 15 is 0 Å². The van der Waals surface area contributed by atoms with E-state index in [1.165, 1.54) is 25.7 Å². The van der Waals surface area contributed by atoms with Gasteiger partial charge in [0.1, 0.15) is 0 Å². The molecular formula is C11H20N2O. The molecule has 3 nitrogen and oxygen atoms in total. The Bertz CT molecular complexity index is 194. The molecule has 0 amide bonds. The van der Waals surface area contributed by atoms with Crippen LogP contribution in [0.4, 0.5) is 0 Å². The lowest BCUT2D eigenvalue weighted by Crippen LogP contribution is -2.37. The predicted molar refractivity (Wildman–Crippen MR) is 55.7 cm³/mol. The van der Waals surface area contributed by atoms with Crippen molar-refractivity contribution in [2.45, 2.75) is 38.6 Å². The molecule has 1 N–H and O–H groups in total. The second kappa shape index (κ2) is 6.00. The Morgan fingerprint density at radius 2 is 2.14 bits per heavy atom. The third-order valence-corrected chi connectivity index (χ3v) is 2.97. The monoisotopic (exact) mass is 196 g/mol. The molecule has 80 valence electrons. The molecule has 0 bridgehead atoms. The van der Waals surface area contributed by atoms with Gasteiger partial charge >= 0.3 is 0 Å². The highest BCUT2D eigenvalue weighted by Crippen LogP contribution is 2.23. The summed E-state index contributed by atoms with van der Waals surface area (Å²) >= 11 is 0. The number of aliphatic hydroxyl groups excluding tert-OH is 1. The van der Waals surface area contributed by atoms with Gasteiger partial charge in [0, 0.05) is 19.2 Å². The second-order valence-corrected chi connectivity index (χ2v) is 4.31. The van der Waals surface area contributed by atoms with Crippen LogP contribution in [0.3, 0.4) is 0 Å². The normalized spacial score (nSPS) is 19.9. The van der Waals surface area contributed by atoms with Crippen LogP contribution in [0.5, 0.6) is 0 Å². The minimum Gasteiger partial charge on any atom is -0.396 e. The van der Waals surface area contributed by atoms with E-state index in [4.69, 9.17) is 10.4 Å². The van der Waals surface area contributed by atoms with Gasteiger partial charge in [-0.15, -0.1) is 0 Å². The summed E-state index contributed by atoms with van der Waals surface area (Å²) in [6.45, 7) is 3.61. The Balaban J connectivity index is 2.41. The van der Waals surface area contributed by atoms with Crippen LogP contribution in [0.25, 0.3) is 0 Å². The molecule has 3 heteroatoms. The molecule has 1 saturated carbocycles. The number of nitriles is 1. The molecule has 0 saturated heterocycles. The van der Waals surface area contributed by atoms with E-state index in [9.17, 15) is 0 Å². The van der Waals surface area contributed by atoms with E-state index in [2.05, 4.69) is 11.0 Å². The van der Waals surface area contributed by atoms with E-state index in [0.717, 1.165) is 6.54 Å². The topological polar surface area (TPSA) is 47.3 Å². The van der Waals surface area contributed by atoms with Gasteiger partial charge in [-0.3, -0.25) is 4.90 Å². The predicted octanol–water partition coefficient (Wildman–Crippen LogP) is 1.38. The fourth-order valence-corrected chi connectivity index (χ4v) is 2.16. The number of aliphatic hydroxyl groups is 1. The maximum Gasteiger partial charge on any atom is 0.0868 e. The average molecular weight is 196 g/mol. The lowest BCUT2D eigenvalue weighted by Gasteiger charge is -2.28.